The lowest BCUT2D eigenvalue weighted by atomic mass is 9.84. The Kier molecular flexibility index (Phi) is 4.15. The zero-order chi connectivity index (χ0) is 12.1. The Labute approximate surface area is 102 Å². The van der Waals surface area contributed by atoms with Gasteiger partial charge in [0, 0.05) is 12.0 Å². The van der Waals surface area contributed by atoms with Crippen molar-refractivity contribution >= 4 is 5.97 Å². The second-order valence-electron chi connectivity index (χ2n) is 4.67. The Balaban J connectivity index is 2.15. The molecule has 1 heterocycles. The minimum absolute atomic E-state index is 0.0917. The molecule has 2 rings (SSSR count). The normalized spacial score (nSPS) is 22.0. The Bertz CT molecular complexity index is 358. The van der Waals surface area contributed by atoms with Gasteiger partial charge < -0.3 is 10.4 Å². The number of nitrogens with one attached hydrogen (secondary N) is 1. The number of rotatable bonds is 4. The van der Waals surface area contributed by atoms with Crippen molar-refractivity contribution < 1.29 is 9.90 Å². The van der Waals surface area contributed by atoms with Crippen LogP contribution in [0.3, 0.4) is 0 Å². The van der Waals surface area contributed by atoms with Crippen LogP contribution in [0, 0.1) is 0 Å². The van der Waals surface area contributed by atoms with Crippen LogP contribution in [0.15, 0.2) is 30.3 Å². The lowest BCUT2D eigenvalue weighted by molar-refractivity contribution is -0.137. The maximum Gasteiger partial charge on any atom is 0.304 e. The average molecular weight is 233 g/mol. The van der Waals surface area contributed by atoms with E-state index in [-0.39, 0.29) is 12.3 Å². The molecule has 0 spiro atoms. The highest BCUT2D eigenvalue weighted by molar-refractivity contribution is 5.68. The van der Waals surface area contributed by atoms with Crippen LogP contribution >= 0.6 is 0 Å². The summed E-state index contributed by atoms with van der Waals surface area (Å²) in [5.41, 5.74) is 1.13. The van der Waals surface area contributed by atoms with Crippen LogP contribution in [0.25, 0.3) is 0 Å². The smallest absolute Gasteiger partial charge is 0.304 e. The van der Waals surface area contributed by atoms with Gasteiger partial charge in [-0.15, -0.1) is 0 Å². The Morgan fingerprint density at radius 2 is 2.12 bits per heavy atom. The van der Waals surface area contributed by atoms with E-state index in [1.165, 1.54) is 12.8 Å². The molecule has 2 atom stereocenters. The third-order valence-corrected chi connectivity index (χ3v) is 3.46. The molecule has 1 aliphatic heterocycles. The molecule has 92 valence electrons. The lowest BCUT2D eigenvalue weighted by Gasteiger charge is -2.31. The van der Waals surface area contributed by atoms with E-state index in [2.05, 4.69) is 5.32 Å². The van der Waals surface area contributed by atoms with Crippen LogP contribution in [-0.4, -0.2) is 23.7 Å². The van der Waals surface area contributed by atoms with Gasteiger partial charge in [-0.05, 0) is 24.9 Å². The van der Waals surface area contributed by atoms with Crippen LogP contribution in [0.2, 0.25) is 0 Å². The number of aliphatic carboxylic acids is 1. The summed E-state index contributed by atoms with van der Waals surface area (Å²) in [5.74, 6) is -0.625. The molecule has 0 aromatic heterocycles. The quantitative estimate of drug-likeness (QED) is 0.839. The number of benzene rings is 1. The zero-order valence-corrected chi connectivity index (χ0v) is 9.93. The number of hydrogen-bond donors (Lipinski definition) is 2. The van der Waals surface area contributed by atoms with E-state index in [9.17, 15) is 4.79 Å². The van der Waals surface area contributed by atoms with Crippen LogP contribution in [0.5, 0.6) is 0 Å². The summed E-state index contributed by atoms with van der Waals surface area (Å²) in [6, 6.07) is 10.3. The zero-order valence-electron chi connectivity index (χ0n) is 9.93. The summed E-state index contributed by atoms with van der Waals surface area (Å²) in [5, 5.41) is 12.5. The fourth-order valence-corrected chi connectivity index (χ4v) is 2.60. The Morgan fingerprint density at radius 1 is 1.35 bits per heavy atom. The second-order valence-corrected chi connectivity index (χ2v) is 4.67. The molecule has 17 heavy (non-hydrogen) atoms. The van der Waals surface area contributed by atoms with Crippen molar-refractivity contribution in [3.05, 3.63) is 35.9 Å². The van der Waals surface area contributed by atoms with E-state index in [0.29, 0.717) is 6.04 Å². The molecule has 2 N–H and O–H groups in total. The van der Waals surface area contributed by atoms with Crippen LogP contribution in [0.4, 0.5) is 0 Å². The van der Waals surface area contributed by atoms with Crippen LogP contribution in [0.1, 0.15) is 37.2 Å². The first-order chi connectivity index (χ1) is 8.27. The maximum atomic E-state index is 11.0. The van der Waals surface area contributed by atoms with Gasteiger partial charge in [0.25, 0.3) is 0 Å². The van der Waals surface area contributed by atoms with Crippen molar-refractivity contribution in [2.24, 2.45) is 0 Å². The molecule has 0 amide bonds. The van der Waals surface area contributed by atoms with E-state index < -0.39 is 5.97 Å². The number of carbonyl (C=O) groups is 1. The topological polar surface area (TPSA) is 49.3 Å². The van der Waals surface area contributed by atoms with Gasteiger partial charge in [0.1, 0.15) is 0 Å². The molecule has 0 aliphatic carbocycles. The Morgan fingerprint density at radius 3 is 2.71 bits per heavy atom. The molecule has 1 fully saturated rings. The minimum Gasteiger partial charge on any atom is -0.481 e. The summed E-state index contributed by atoms with van der Waals surface area (Å²) in [6.07, 6.45) is 3.68. The van der Waals surface area contributed by atoms with Gasteiger partial charge in [-0.2, -0.15) is 0 Å². The highest BCUT2D eigenvalue weighted by atomic mass is 16.4. The summed E-state index contributed by atoms with van der Waals surface area (Å²) < 4.78 is 0. The molecule has 0 bridgehead atoms. The highest BCUT2D eigenvalue weighted by Crippen LogP contribution is 2.28. The average Bonchev–Trinajstić information content (AvgIpc) is 2.38. The molecule has 0 radical (unpaired) electrons. The highest BCUT2D eigenvalue weighted by Gasteiger charge is 2.26. The van der Waals surface area contributed by atoms with Gasteiger partial charge in [-0.3, -0.25) is 4.79 Å². The molecule has 3 heteroatoms. The molecule has 0 saturated carbocycles. The molecule has 1 saturated heterocycles. The van der Waals surface area contributed by atoms with E-state index in [4.69, 9.17) is 5.11 Å². The molecule has 0 unspecified atom stereocenters. The van der Waals surface area contributed by atoms with E-state index in [1.54, 1.807) is 0 Å². The van der Waals surface area contributed by atoms with Gasteiger partial charge in [0.15, 0.2) is 0 Å². The molecule has 3 nitrogen and oxygen atoms in total. The SMILES string of the molecule is O=C(O)C[C@H](c1ccccc1)[C@@H]1CCCCN1. The lowest BCUT2D eigenvalue weighted by Crippen LogP contribution is -2.39. The van der Waals surface area contributed by atoms with Crippen molar-refractivity contribution in [1.29, 1.82) is 0 Å². The van der Waals surface area contributed by atoms with Crippen LogP contribution in [-0.2, 0) is 4.79 Å². The number of piperidine rings is 1. The molecule has 1 aliphatic rings. The molecular weight excluding hydrogens is 214 g/mol. The Hall–Kier alpha value is -1.35. The third kappa shape index (κ3) is 3.30. The fourth-order valence-electron chi connectivity index (χ4n) is 2.60. The number of hydrogen-bond acceptors (Lipinski definition) is 2. The molecular formula is C14H19NO2. The summed E-state index contributed by atoms with van der Waals surface area (Å²) in [7, 11) is 0. The van der Waals surface area contributed by atoms with Gasteiger partial charge in [0.05, 0.1) is 6.42 Å². The van der Waals surface area contributed by atoms with Crippen molar-refractivity contribution in [3.63, 3.8) is 0 Å². The molecule has 1 aromatic carbocycles. The van der Waals surface area contributed by atoms with E-state index in [0.717, 1.165) is 18.5 Å². The fraction of sp³-hybridized carbons (Fsp3) is 0.500. The van der Waals surface area contributed by atoms with E-state index in [1.807, 2.05) is 30.3 Å². The summed E-state index contributed by atoms with van der Waals surface area (Å²) in [4.78, 5) is 11.0. The van der Waals surface area contributed by atoms with Gasteiger partial charge >= 0.3 is 5.97 Å². The second kappa shape index (κ2) is 5.82. The summed E-state index contributed by atoms with van der Waals surface area (Å²) >= 11 is 0. The summed E-state index contributed by atoms with van der Waals surface area (Å²) in [6.45, 7) is 1.01. The van der Waals surface area contributed by atoms with E-state index >= 15 is 0 Å². The first kappa shape index (κ1) is 12.1. The number of carboxylic acid groups (broad SMARTS) is 1. The van der Waals surface area contributed by atoms with Gasteiger partial charge in [-0.25, -0.2) is 0 Å². The van der Waals surface area contributed by atoms with Crippen molar-refractivity contribution in [2.75, 3.05) is 6.54 Å². The first-order valence-corrected chi connectivity index (χ1v) is 6.27. The molecule has 1 aromatic rings. The predicted molar refractivity (Wildman–Crippen MR) is 67.1 cm³/mol. The minimum atomic E-state index is -0.716. The van der Waals surface area contributed by atoms with Crippen molar-refractivity contribution in [3.8, 4) is 0 Å². The number of carboxylic acids is 1. The van der Waals surface area contributed by atoms with Crippen molar-refractivity contribution in [2.45, 2.75) is 37.6 Å². The van der Waals surface area contributed by atoms with Gasteiger partial charge in [0.2, 0.25) is 0 Å². The standard InChI is InChI=1S/C14H19NO2/c16-14(17)10-12(11-6-2-1-3-7-11)13-8-4-5-9-15-13/h1-3,6-7,12-13,15H,4-5,8-10H2,(H,16,17)/t12-,13+/m1/s1. The van der Waals surface area contributed by atoms with Crippen LogP contribution < -0.4 is 5.32 Å². The largest absolute Gasteiger partial charge is 0.481 e. The van der Waals surface area contributed by atoms with Gasteiger partial charge in [-0.1, -0.05) is 36.8 Å². The first-order valence-electron chi connectivity index (χ1n) is 6.27. The third-order valence-electron chi connectivity index (χ3n) is 3.46. The maximum absolute atomic E-state index is 11.0. The predicted octanol–water partition coefficient (Wildman–Crippen LogP) is 2.39. The monoisotopic (exact) mass is 233 g/mol. The van der Waals surface area contributed by atoms with Crippen molar-refractivity contribution in [1.82, 2.24) is 5.32 Å².